The Kier molecular flexibility index (Phi) is 4.09. The third-order valence-electron chi connectivity index (χ3n) is 4.15. The highest BCUT2D eigenvalue weighted by Crippen LogP contribution is 2.29. The number of hydrogen-bond acceptors (Lipinski definition) is 0. The fourth-order valence-electron chi connectivity index (χ4n) is 2.88. The Labute approximate surface area is 111 Å². The molecule has 0 heterocycles. The minimum atomic E-state index is -0.00648. The molecule has 2 rings (SSSR count). The van der Waals surface area contributed by atoms with Gasteiger partial charge in [0.05, 0.1) is 0 Å². The molecule has 18 heavy (non-hydrogen) atoms. The van der Waals surface area contributed by atoms with Crippen LogP contribution < -0.4 is 0 Å². The van der Waals surface area contributed by atoms with Crippen LogP contribution in [0.4, 0.5) is 4.39 Å². The Hall–Kier alpha value is -0.850. The third kappa shape index (κ3) is 3.34. The van der Waals surface area contributed by atoms with Crippen LogP contribution in [0, 0.1) is 11.7 Å². The first-order chi connectivity index (χ1) is 8.47. The average Bonchev–Trinajstić information content (AvgIpc) is 2.32. The molecular formula is C17H25F. The van der Waals surface area contributed by atoms with E-state index in [0.29, 0.717) is 5.92 Å². The number of rotatable bonds is 2. The van der Waals surface area contributed by atoms with E-state index in [1.54, 1.807) is 6.07 Å². The molecule has 0 bridgehead atoms. The summed E-state index contributed by atoms with van der Waals surface area (Å²) in [7, 11) is 0. The Morgan fingerprint density at radius 1 is 1.11 bits per heavy atom. The average molecular weight is 248 g/mol. The Morgan fingerprint density at radius 2 is 1.78 bits per heavy atom. The number of halogens is 1. The lowest BCUT2D eigenvalue weighted by molar-refractivity contribution is 0.353. The van der Waals surface area contributed by atoms with E-state index in [0.717, 1.165) is 17.5 Å². The fourth-order valence-corrected chi connectivity index (χ4v) is 2.88. The minimum Gasteiger partial charge on any atom is -0.207 e. The van der Waals surface area contributed by atoms with Crippen molar-refractivity contribution in [3.8, 4) is 0 Å². The van der Waals surface area contributed by atoms with E-state index in [1.807, 2.05) is 6.07 Å². The van der Waals surface area contributed by atoms with Crippen LogP contribution in [0.3, 0.4) is 0 Å². The van der Waals surface area contributed by atoms with Crippen molar-refractivity contribution >= 4 is 0 Å². The molecule has 1 saturated carbocycles. The topological polar surface area (TPSA) is 0 Å². The summed E-state index contributed by atoms with van der Waals surface area (Å²) < 4.78 is 14.1. The highest BCUT2D eigenvalue weighted by atomic mass is 19.1. The van der Waals surface area contributed by atoms with Crippen LogP contribution in [0.25, 0.3) is 0 Å². The van der Waals surface area contributed by atoms with E-state index in [2.05, 4.69) is 26.8 Å². The van der Waals surface area contributed by atoms with Crippen LogP contribution in [0.2, 0.25) is 0 Å². The predicted octanol–water partition coefficient (Wildman–Crippen LogP) is 5.25. The monoisotopic (exact) mass is 248 g/mol. The molecule has 0 atom stereocenters. The predicted molar refractivity (Wildman–Crippen MR) is 75.4 cm³/mol. The zero-order chi connectivity index (χ0) is 13.2. The molecule has 0 unspecified atom stereocenters. The van der Waals surface area contributed by atoms with Crippen molar-refractivity contribution in [3.63, 3.8) is 0 Å². The van der Waals surface area contributed by atoms with Gasteiger partial charge in [-0.2, -0.15) is 0 Å². The van der Waals surface area contributed by atoms with E-state index in [1.165, 1.54) is 32.1 Å². The number of hydrogen-bond donors (Lipinski definition) is 0. The third-order valence-corrected chi connectivity index (χ3v) is 4.15. The van der Waals surface area contributed by atoms with Gasteiger partial charge in [-0.05, 0) is 34.9 Å². The lowest BCUT2D eigenvalue weighted by atomic mass is 9.83. The minimum absolute atomic E-state index is 0.00648. The first-order valence-corrected chi connectivity index (χ1v) is 7.26. The fraction of sp³-hybridized carbons (Fsp3) is 0.647. The van der Waals surface area contributed by atoms with Crippen molar-refractivity contribution < 1.29 is 4.39 Å². The molecule has 0 radical (unpaired) electrons. The largest absolute Gasteiger partial charge is 0.207 e. The van der Waals surface area contributed by atoms with E-state index in [4.69, 9.17) is 0 Å². The first-order valence-electron chi connectivity index (χ1n) is 7.26. The quantitative estimate of drug-likeness (QED) is 0.671. The van der Waals surface area contributed by atoms with Crippen LogP contribution in [-0.4, -0.2) is 0 Å². The van der Waals surface area contributed by atoms with E-state index >= 15 is 0 Å². The second-order valence-corrected chi connectivity index (χ2v) is 6.76. The molecule has 1 aliphatic carbocycles. The molecule has 0 N–H and O–H groups in total. The number of benzene rings is 1. The van der Waals surface area contributed by atoms with Gasteiger partial charge in [0.25, 0.3) is 0 Å². The lowest BCUT2D eigenvalue weighted by Crippen LogP contribution is -2.13. The summed E-state index contributed by atoms with van der Waals surface area (Å²) in [5.74, 6) is 0.696. The summed E-state index contributed by atoms with van der Waals surface area (Å²) in [5.41, 5.74) is 2.03. The van der Waals surface area contributed by atoms with Crippen LogP contribution in [0.15, 0.2) is 18.2 Å². The lowest BCUT2D eigenvalue weighted by Gasteiger charge is -2.23. The molecule has 0 aliphatic heterocycles. The normalized spacial score (nSPS) is 18.0. The molecule has 0 spiro atoms. The maximum absolute atomic E-state index is 14.1. The van der Waals surface area contributed by atoms with Crippen molar-refractivity contribution in [1.29, 1.82) is 0 Å². The Balaban J connectivity index is 2.09. The molecule has 0 saturated heterocycles. The van der Waals surface area contributed by atoms with Crippen molar-refractivity contribution in [2.75, 3.05) is 0 Å². The summed E-state index contributed by atoms with van der Waals surface area (Å²) in [4.78, 5) is 0. The second-order valence-electron chi connectivity index (χ2n) is 6.76. The van der Waals surface area contributed by atoms with Gasteiger partial charge in [0, 0.05) is 0 Å². The van der Waals surface area contributed by atoms with Crippen molar-refractivity contribution in [3.05, 3.63) is 35.1 Å². The van der Waals surface area contributed by atoms with Gasteiger partial charge in [-0.3, -0.25) is 0 Å². The van der Waals surface area contributed by atoms with Crippen molar-refractivity contribution in [1.82, 2.24) is 0 Å². The zero-order valence-corrected chi connectivity index (χ0v) is 11.9. The van der Waals surface area contributed by atoms with Gasteiger partial charge in [-0.25, -0.2) is 4.39 Å². The van der Waals surface area contributed by atoms with E-state index in [-0.39, 0.29) is 11.2 Å². The summed E-state index contributed by atoms with van der Waals surface area (Å²) in [6.45, 7) is 6.38. The molecule has 1 heteroatoms. The summed E-state index contributed by atoms with van der Waals surface area (Å²) >= 11 is 0. The van der Waals surface area contributed by atoms with Gasteiger partial charge >= 0.3 is 0 Å². The summed E-state index contributed by atoms with van der Waals surface area (Å²) in [5, 5.41) is 0. The second kappa shape index (κ2) is 5.42. The van der Waals surface area contributed by atoms with Crippen molar-refractivity contribution in [2.45, 2.75) is 64.7 Å². The van der Waals surface area contributed by atoms with Crippen LogP contribution in [-0.2, 0) is 11.8 Å². The highest BCUT2D eigenvalue weighted by molar-refractivity contribution is 5.29. The highest BCUT2D eigenvalue weighted by Gasteiger charge is 2.18. The standard InChI is InChI=1S/C17H25F/c1-17(2,3)15-10-9-14(16(18)12-15)11-13-7-5-4-6-8-13/h9-10,12-13H,4-8,11H2,1-3H3. The summed E-state index contributed by atoms with van der Waals surface area (Å²) in [6, 6.07) is 5.84. The zero-order valence-electron chi connectivity index (χ0n) is 11.9. The molecular weight excluding hydrogens is 223 g/mol. The van der Waals surface area contributed by atoms with Crippen LogP contribution in [0.1, 0.15) is 64.0 Å². The molecule has 100 valence electrons. The first kappa shape index (κ1) is 13.6. The van der Waals surface area contributed by atoms with Crippen LogP contribution in [0.5, 0.6) is 0 Å². The molecule has 0 aromatic heterocycles. The van der Waals surface area contributed by atoms with Gasteiger partial charge in [0.15, 0.2) is 0 Å². The summed E-state index contributed by atoms with van der Waals surface area (Å²) in [6.07, 6.45) is 7.50. The Morgan fingerprint density at radius 3 is 2.33 bits per heavy atom. The molecule has 1 aromatic carbocycles. The van der Waals surface area contributed by atoms with E-state index in [9.17, 15) is 4.39 Å². The maximum Gasteiger partial charge on any atom is 0.126 e. The molecule has 1 aromatic rings. The Bertz CT molecular complexity index is 395. The van der Waals surface area contributed by atoms with Gasteiger partial charge in [-0.1, -0.05) is 65.0 Å². The molecule has 1 aliphatic rings. The van der Waals surface area contributed by atoms with Gasteiger partial charge in [0.1, 0.15) is 5.82 Å². The molecule has 0 amide bonds. The smallest absolute Gasteiger partial charge is 0.126 e. The molecule has 1 fully saturated rings. The van der Waals surface area contributed by atoms with E-state index < -0.39 is 0 Å². The SMILES string of the molecule is CC(C)(C)c1ccc(CC2CCCCC2)c(F)c1. The molecule has 0 nitrogen and oxygen atoms in total. The van der Waals surface area contributed by atoms with Gasteiger partial charge in [0.2, 0.25) is 0 Å². The maximum atomic E-state index is 14.1. The van der Waals surface area contributed by atoms with Crippen LogP contribution >= 0.6 is 0 Å². The van der Waals surface area contributed by atoms with Crippen molar-refractivity contribution in [2.24, 2.45) is 5.92 Å². The van der Waals surface area contributed by atoms with Gasteiger partial charge < -0.3 is 0 Å². The van der Waals surface area contributed by atoms with Gasteiger partial charge in [-0.15, -0.1) is 0 Å².